The Morgan fingerprint density at radius 3 is 2.34 bits per heavy atom. The highest BCUT2D eigenvalue weighted by Crippen LogP contribution is 2.27. The summed E-state index contributed by atoms with van der Waals surface area (Å²) in [6, 6.07) is 17.9. The summed E-state index contributed by atoms with van der Waals surface area (Å²) in [5.41, 5.74) is 2.89. The summed E-state index contributed by atoms with van der Waals surface area (Å²) < 4.78 is 24.8. The number of amides is 1. The largest absolute Gasteiger partial charge is 0.325 e. The first kappa shape index (κ1) is 21.5. The van der Waals surface area contributed by atoms with Crippen LogP contribution < -0.4 is 5.32 Å². The van der Waals surface area contributed by atoms with Crippen LogP contribution in [0, 0.1) is 0 Å². The summed E-state index contributed by atoms with van der Waals surface area (Å²) in [6.45, 7) is 2.28. The highest BCUT2D eigenvalue weighted by atomic mass is 32.2. The Labute approximate surface area is 173 Å². The molecule has 1 aliphatic heterocycles. The van der Waals surface area contributed by atoms with Crippen LogP contribution in [0.3, 0.4) is 0 Å². The number of rotatable bonds is 7. The Morgan fingerprint density at radius 1 is 1.07 bits per heavy atom. The fraction of sp³-hybridized carbons (Fsp3) is 0.409. The van der Waals surface area contributed by atoms with Gasteiger partial charge in [-0.3, -0.25) is 4.79 Å². The fourth-order valence-electron chi connectivity index (χ4n) is 3.71. The van der Waals surface area contributed by atoms with E-state index in [0.29, 0.717) is 13.0 Å². The zero-order valence-electron chi connectivity index (χ0n) is 17.0. The number of sulfonamides is 1. The van der Waals surface area contributed by atoms with Gasteiger partial charge in [-0.15, -0.1) is 0 Å². The lowest BCUT2D eigenvalue weighted by atomic mass is 10.0. The maximum absolute atomic E-state index is 12.5. The Bertz CT molecular complexity index is 923. The minimum absolute atomic E-state index is 0.0104. The number of para-hydroxylation sites is 1. The van der Waals surface area contributed by atoms with Crippen LogP contribution in [0.2, 0.25) is 0 Å². The smallest absolute Gasteiger partial charge is 0.225 e. The molecule has 2 aromatic rings. The van der Waals surface area contributed by atoms with Crippen molar-refractivity contribution in [3.8, 4) is 11.1 Å². The Morgan fingerprint density at radius 2 is 1.69 bits per heavy atom. The summed E-state index contributed by atoms with van der Waals surface area (Å²) in [6.07, 6.45) is 3.25. The SMILES string of the molecule is CN(C1CCN(CCC(=O)Nc2ccccc2-c2ccccc2)CC1)S(C)(=O)=O. The number of hydrogen-bond acceptors (Lipinski definition) is 4. The van der Waals surface area contributed by atoms with Crippen molar-refractivity contribution in [2.75, 3.05) is 38.3 Å². The Kier molecular flexibility index (Phi) is 7.05. The average molecular weight is 416 g/mol. The van der Waals surface area contributed by atoms with E-state index in [1.807, 2.05) is 54.6 Å². The Hall–Kier alpha value is -2.22. The third kappa shape index (κ3) is 5.88. The van der Waals surface area contributed by atoms with Crippen molar-refractivity contribution < 1.29 is 13.2 Å². The van der Waals surface area contributed by atoms with Gasteiger partial charge in [-0.25, -0.2) is 12.7 Å². The summed E-state index contributed by atoms with van der Waals surface area (Å²) in [5, 5.41) is 3.04. The highest BCUT2D eigenvalue weighted by Gasteiger charge is 2.27. The van der Waals surface area contributed by atoms with E-state index in [1.54, 1.807) is 7.05 Å². The number of nitrogens with zero attached hydrogens (tertiary/aromatic N) is 2. The second-order valence-electron chi connectivity index (χ2n) is 7.56. The van der Waals surface area contributed by atoms with Crippen LogP contribution in [-0.2, 0) is 14.8 Å². The van der Waals surface area contributed by atoms with Gasteiger partial charge in [-0.2, -0.15) is 0 Å². The first-order valence-electron chi connectivity index (χ1n) is 9.94. The molecule has 0 aliphatic carbocycles. The molecular formula is C22H29N3O3S. The number of benzene rings is 2. The van der Waals surface area contributed by atoms with E-state index in [1.165, 1.54) is 10.6 Å². The summed E-state index contributed by atoms with van der Waals surface area (Å²) >= 11 is 0. The fourth-order valence-corrected chi connectivity index (χ4v) is 4.46. The van der Waals surface area contributed by atoms with Gasteiger partial charge in [-0.1, -0.05) is 48.5 Å². The van der Waals surface area contributed by atoms with Crippen LogP contribution in [0.15, 0.2) is 54.6 Å². The predicted octanol–water partition coefficient (Wildman–Crippen LogP) is 3.04. The molecule has 0 aromatic heterocycles. The van der Waals surface area contributed by atoms with Crippen LogP contribution in [-0.4, -0.2) is 62.5 Å². The molecule has 1 heterocycles. The van der Waals surface area contributed by atoms with Gasteiger partial charge in [0.25, 0.3) is 0 Å². The van der Waals surface area contributed by atoms with Gasteiger partial charge < -0.3 is 10.2 Å². The maximum atomic E-state index is 12.5. The number of piperidine rings is 1. The summed E-state index contributed by atoms with van der Waals surface area (Å²) in [4.78, 5) is 14.7. The number of anilines is 1. The third-order valence-electron chi connectivity index (χ3n) is 5.54. The van der Waals surface area contributed by atoms with Crippen molar-refractivity contribution in [2.45, 2.75) is 25.3 Å². The topological polar surface area (TPSA) is 69.7 Å². The van der Waals surface area contributed by atoms with Crippen LogP contribution in [0.25, 0.3) is 11.1 Å². The lowest BCUT2D eigenvalue weighted by Crippen LogP contribution is -2.45. The minimum atomic E-state index is -3.16. The molecule has 29 heavy (non-hydrogen) atoms. The van der Waals surface area contributed by atoms with Crippen LogP contribution in [0.5, 0.6) is 0 Å². The Balaban J connectivity index is 1.51. The molecule has 0 radical (unpaired) electrons. The van der Waals surface area contributed by atoms with Crippen molar-refractivity contribution >= 4 is 21.6 Å². The molecule has 7 heteroatoms. The van der Waals surface area contributed by atoms with E-state index >= 15 is 0 Å². The van der Waals surface area contributed by atoms with Crippen molar-refractivity contribution in [3.05, 3.63) is 54.6 Å². The molecule has 0 spiro atoms. The van der Waals surface area contributed by atoms with Crippen molar-refractivity contribution in [2.24, 2.45) is 0 Å². The van der Waals surface area contributed by atoms with Crippen molar-refractivity contribution in [3.63, 3.8) is 0 Å². The lowest BCUT2D eigenvalue weighted by molar-refractivity contribution is -0.116. The molecule has 1 amide bonds. The number of carbonyl (C=O) groups excluding carboxylic acids is 1. The molecule has 1 N–H and O–H groups in total. The lowest BCUT2D eigenvalue weighted by Gasteiger charge is -2.35. The van der Waals surface area contributed by atoms with E-state index in [2.05, 4.69) is 10.2 Å². The van der Waals surface area contributed by atoms with Gasteiger partial charge in [0.1, 0.15) is 0 Å². The highest BCUT2D eigenvalue weighted by molar-refractivity contribution is 7.88. The van der Waals surface area contributed by atoms with Gasteiger partial charge in [0.15, 0.2) is 0 Å². The second-order valence-corrected chi connectivity index (χ2v) is 9.60. The molecule has 156 valence electrons. The number of likely N-dealkylation sites (tertiary alicyclic amines) is 1. The van der Waals surface area contributed by atoms with E-state index in [0.717, 1.165) is 42.7 Å². The normalized spacial score (nSPS) is 16.1. The standard InChI is InChI=1S/C22H29N3O3S/c1-24(29(2,27)28)19-12-15-25(16-13-19)17-14-22(26)23-21-11-7-6-10-20(21)18-8-4-3-5-9-18/h3-11,19H,12-17H2,1-2H3,(H,23,26). The summed E-state index contributed by atoms with van der Waals surface area (Å²) in [5.74, 6) is -0.0104. The second kappa shape index (κ2) is 9.52. The van der Waals surface area contributed by atoms with Crippen molar-refractivity contribution in [1.29, 1.82) is 0 Å². The van der Waals surface area contributed by atoms with E-state index < -0.39 is 10.0 Å². The molecule has 0 atom stereocenters. The first-order valence-corrected chi connectivity index (χ1v) is 11.8. The van der Waals surface area contributed by atoms with Crippen LogP contribution in [0.1, 0.15) is 19.3 Å². The maximum Gasteiger partial charge on any atom is 0.225 e. The third-order valence-corrected chi connectivity index (χ3v) is 6.88. The first-order chi connectivity index (χ1) is 13.8. The van der Waals surface area contributed by atoms with Gasteiger partial charge in [0.2, 0.25) is 15.9 Å². The molecule has 1 fully saturated rings. The van der Waals surface area contributed by atoms with Gasteiger partial charge in [0.05, 0.1) is 6.26 Å². The zero-order valence-corrected chi connectivity index (χ0v) is 17.9. The zero-order chi connectivity index (χ0) is 20.9. The molecule has 2 aromatic carbocycles. The van der Waals surface area contributed by atoms with Crippen LogP contribution >= 0.6 is 0 Å². The molecular weight excluding hydrogens is 386 g/mol. The van der Waals surface area contributed by atoms with Gasteiger partial charge in [0, 0.05) is 37.3 Å². The molecule has 6 nitrogen and oxygen atoms in total. The number of hydrogen-bond donors (Lipinski definition) is 1. The van der Waals surface area contributed by atoms with Gasteiger partial charge >= 0.3 is 0 Å². The number of carbonyl (C=O) groups is 1. The molecule has 0 saturated carbocycles. The van der Waals surface area contributed by atoms with E-state index in [-0.39, 0.29) is 11.9 Å². The number of nitrogens with one attached hydrogen (secondary N) is 1. The molecule has 1 aliphatic rings. The van der Waals surface area contributed by atoms with E-state index in [4.69, 9.17) is 0 Å². The van der Waals surface area contributed by atoms with Gasteiger partial charge in [-0.05, 0) is 37.6 Å². The summed E-state index contributed by atoms with van der Waals surface area (Å²) in [7, 11) is -1.51. The molecule has 1 saturated heterocycles. The van der Waals surface area contributed by atoms with E-state index in [9.17, 15) is 13.2 Å². The molecule has 3 rings (SSSR count). The van der Waals surface area contributed by atoms with Crippen LogP contribution in [0.4, 0.5) is 5.69 Å². The monoisotopic (exact) mass is 415 g/mol. The average Bonchev–Trinajstić information content (AvgIpc) is 2.72. The molecule has 0 bridgehead atoms. The van der Waals surface area contributed by atoms with Crippen molar-refractivity contribution in [1.82, 2.24) is 9.21 Å². The predicted molar refractivity (Wildman–Crippen MR) is 117 cm³/mol. The molecule has 0 unspecified atom stereocenters. The quantitative estimate of drug-likeness (QED) is 0.755. The minimum Gasteiger partial charge on any atom is -0.325 e.